The smallest absolute Gasteiger partial charge is 0.00704 e. The molecular formula is C22H6. The Morgan fingerprint density at radius 2 is 0.727 bits per heavy atom. The lowest BCUT2D eigenvalue weighted by Gasteiger charge is -1.60. The molecule has 0 heterocycles. The molecule has 0 nitrogen and oxygen atoms in total. The van der Waals surface area contributed by atoms with Gasteiger partial charge < -0.3 is 0 Å². The Morgan fingerprint density at radius 1 is 0.455 bits per heavy atom. The Morgan fingerprint density at radius 3 is 1.00 bits per heavy atom. The number of rotatable bonds is 0. The van der Waals surface area contributed by atoms with Crippen molar-refractivity contribution < 1.29 is 0 Å². The molecule has 0 aromatic heterocycles. The Labute approximate surface area is 132 Å². The fourth-order valence-corrected chi connectivity index (χ4v) is 0.637. The van der Waals surface area contributed by atoms with E-state index in [0.29, 0.717) is 0 Å². The van der Waals surface area contributed by atoms with E-state index >= 15 is 0 Å². The van der Waals surface area contributed by atoms with Crippen LogP contribution in [-0.2, 0) is 0 Å². The van der Waals surface area contributed by atoms with E-state index in [-0.39, 0.29) is 0 Å². The molecule has 0 spiro atoms. The Bertz CT molecular complexity index is 999. The second-order valence-corrected chi connectivity index (χ2v) is 2.80. The first-order valence-corrected chi connectivity index (χ1v) is 5.85. The molecule has 0 aromatic rings. The molecule has 0 rings (SSSR count). The molecule has 0 saturated carbocycles. The summed E-state index contributed by atoms with van der Waals surface area (Å²) in [5, 5.41) is 0. The molecule has 0 N–H and O–H groups in total. The Kier molecular flexibility index (Phi) is 13.3. The molecule has 0 aliphatic heterocycles. The van der Waals surface area contributed by atoms with Crippen molar-refractivity contribution in [2.45, 2.75) is 13.3 Å². The minimum atomic E-state index is 0.773. The summed E-state index contributed by atoms with van der Waals surface area (Å²) in [6.45, 7) is 1.95. The first-order chi connectivity index (χ1) is 10.9. The van der Waals surface area contributed by atoms with Gasteiger partial charge in [0.25, 0.3) is 0 Å². The van der Waals surface area contributed by atoms with Gasteiger partial charge in [-0.2, -0.15) is 0 Å². The van der Waals surface area contributed by atoms with Crippen molar-refractivity contribution in [2.75, 3.05) is 0 Å². The summed E-state index contributed by atoms with van der Waals surface area (Å²) in [4.78, 5) is 0. The van der Waals surface area contributed by atoms with Gasteiger partial charge in [0.2, 0.25) is 0 Å². The van der Waals surface area contributed by atoms with Crippen LogP contribution in [0.2, 0.25) is 0 Å². The van der Waals surface area contributed by atoms with Gasteiger partial charge in [0.05, 0.1) is 0 Å². The molecule has 0 amide bonds. The second-order valence-electron chi connectivity index (χ2n) is 2.80. The molecule has 0 aliphatic rings. The van der Waals surface area contributed by atoms with Crippen molar-refractivity contribution in [1.29, 1.82) is 0 Å². The van der Waals surface area contributed by atoms with Gasteiger partial charge in [0, 0.05) is 18.3 Å². The van der Waals surface area contributed by atoms with E-state index in [0.717, 1.165) is 6.42 Å². The highest BCUT2D eigenvalue weighted by Crippen LogP contribution is 1.64. The zero-order valence-corrected chi connectivity index (χ0v) is 11.8. The van der Waals surface area contributed by atoms with E-state index in [9.17, 15) is 0 Å². The minimum absolute atomic E-state index is 0.773. The lowest BCUT2D eigenvalue weighted by atomic mass is 10.4. The van der Waals surface area contributed by atoms with E-state index in [1.165, 1.54) is 0 Å². The van der Waals surface area contributed by atoms with Crippen LogP contribution in [0.25, 0.3) is 0 Å². The standard InChI is InChI=1S/C22H6/c1-3-5-7-9-11-13-15-17-19-21-22-20-18-16-14-12-10-8-6-4-2/h1H,4H2,2H3. The molecule has 0 saturated heterocycles. The molecular weight excluding hydrogens is 264 g/mol. The van der Waals surface area contributed by atoms with Crippen LogP contribution in [0.3, 0.4) is 0 Å². The Hall–Kier alpha value is -4.40. The predicted molar refractivity (Wildman–Crippen MR) is 89.1 cm³/mol. The molecule has 0 fully saturated rings. The summed E-state index contributed by atoms with van der Waals surface area (Å²) in [6.07, 6.45) is 5.68. The van der Waals surface area contributed by atoms with Crippen LogP contribution in [0.5, 0.6) is 0 Å². The SMILES string of the molecule is C#CC#CC#CC#CC#CC#CC#CC#CC#CC#CCC. The molecule has 0 aromatic carbocycles. The van der Waals surface area contributed by atoms with Crippen LogP contribution >= 0.6 is 0 Å². The molecule has 0 aliphatic carbocycles. The van der Waals surface area contributed by atoms with E-state index in [2.05, 4.69) is 112 Å². The molecule has 0 atom stereocenters. The van der Waals surface area contributed by atoms with Crippen LogP contribution in [0, 0.1) is 119 Å². The second kappa shape index (κ2) is 16.6. The third-order valence-corrected chi connectivity index (χ3v) is 1.34. The number of hydrogen-bond donors (Lipinski definition) is 0. The van der Waals surface area contributed by atoms with E-state index in [4.69, 9.17) is 6.42 Å². The van der Waals surface area contributed by atoms with Crippen molar-refractivity contribution in [1.82, 2.24) is 0 Å². The van der Waals surface area contributed by atoms with Gasteiger partial charge in [-0.3, -0.25) is 0 Å². The molecule has 0 unspecified atom stereocenters. The largest absolute Gasteiger partial charge is 0.106 e. The van der Waals surface area contributed by atoms with Crippen molar-refractivity contribution in [3.63, 3.8) is 0 Å². The molecule has 94 valence electrons. The zero-order chi connectivity index (χ0) is 16.1. The van der Waals surface area contributed by atoms with Gasteiger partial charge in [0.15, 0.2) is 0 Å². The lowest BCUT2D eigenvalue weighted by molar-refractivity contribution is 1.28. The van der Waals surface area contributed by atoms with Gasteiger partial charge in [-0.25, -0.2) is 0 Å². The topological polar surface area (TPSA) is 0 Å². The summed E-state index contributed by atoms with van der Waals surface area (Å²) in [6, 6.07) is 0. The van der Waals surface area contributed by atoms with Gasteiger partial charge in [0.1, 0.15) is 0 Å². The van der Waals surface area contributed by atoms with Gasteiger partial charge in [-0.15, -0.1) is 6.42 Å². The highest BCUT2D eigenvalue weighted by atomic mass is 13.6. The van der Waals surface area contributed by atoms with Gasteiger partial charge in [-0.1, -0.05) is 12.8 Å². The van der Waals surface area contributed by atoms with Crippen LogP contribution in [0.1, 0.15) is 13.3 Å². The average Bonchev–Trinajstić information content (AvgIpc) is 2.54. The molecule has 0 bridgehead atoms. The predicted octanol–water partition coefficient (Wildman–Crippen LogP) is 1.06. The van der Waals surface area contributed by atoms with E-state index in [1.807, 2.05) is 6.92 Å². The number of terminal acetylenes is 1. The highest BCUT2D eigenvalue weighted by Gasteiger charge is 1.59. The summed E-state index contributed by atoms with van der Waals surface area (Å²) in [5.74, 6) is 47.4. The molecule has 0 radical (unpaired) electrons. The minimum Gasteiger partial charge on any atom is -0.106 e. The lowest BCUT2D eigenvalue weighted by Crippen LogP contribution is -1.56. The van der Waals surface area contributed by atoms with Crippen LogP contribution in [0.4, 0.5) is 0 Å². The van der Waals surface area contributed by atoms with Gasteiger partial charge in [-0.05, 0) is 94.7 Å². The van der Waals surface area contributed by atoms with Crippen LogP contribution in [0.15, 0.2) is 0 Å². The Balaban J connectivity index is 4.34. The summed E-state index contributed by atoms with van der Waals surface area (Å²) in [7, 11) is 0. The summed E-state index contributed by atoms with van der Waals surface area (Å²) >= 11 is 0. The summed E-state index contributed by atoms with van der Waals surface area (Å²) in [5.41, 5.74) is 0. The third kappa shape index (κ3) is 15.6. The maximum Gasteiger partial charge on any atom is 0.00704 e. The average molecular weight is 270 g/mol. The van der Waals surface area contributed by atoms with Crippen molar-refractivity contribution in [3.05, 3.63) is 0 Å². The quantitative estimate of drug-likeness (QED) is 0.577. The first-order valence-electron chi connectivity index (χ1n) is 5.85. The van der Waals surface area contributed by atoms with Crippen LogP contribution < -0.4 is 0 Å². The van der Waals surface area contributed by atoms with E-state index in [1.54, 1.807) is 0 Å². The summed E-state index contributed by atoms with van der Waals surface area (Å²) < 4.78 is 0. The van der Waals surface area contributed by atoms with Crippen molar-refractivity contribution in [2.24, 2.45) is 0 Å². The normalized spacial score (nSPS) is 4.18. The highest BCUT2D eigenvalue weighted by molar-refractivity contribution is 5.46. The zero-order valence-electron chi connectivity index (χ0n) is 11.8. The molecule has 0 heteroatoms. The first kappa shape index (κ1) is 17.6. The molecule has 22 heavy (non-hydrogen) atoms. The van der Waals surface area contributed by atoms with Crippen molar-refractivity contribution in [3.8, 4) is 119 Å². The van der Waals surface area contributed by atoms with Gasteiger partial charge >= 0.3 is 0 Å². The van der Waals surface area contributed by atoms with Crippen molar-refractivity contribution >= 4 is 0 Å². The fraction of sp³-hybridized carbons (Fsp3) is 0.0909. The third-order valence-electron chi connectivity index (χ3n) is 1.34. The van der Waals surface area contributed by atoms with E-state index < -0.39 is 0 Å². The number of hydrogen-bond acceptors (Lipinski definition) is 0. The fourth-order valence-electron chi connectivity index (χ4n) is 0.637. The maximum atomic E-state index is 4.90. The maximum absolute atomic E-state index is 4.90. The monoisotopic (exact) mass is 270 g/mol. The van der Waals surface area contributed by atoms with Crippen LogP contribution in [-0.4, -0.2) is 0 Å².